The van der Waals surface area contributed by atoms with E-state index in [1.807, 2.05) is 24.3 Å². The highest BCUT2D eigenvalue weighted by Crippen LogP contribution is 2.23. The monoisotopic (exact) mass is 443 g/mol. The first-order valence-electron chi connectivity index (χ1n) is 11.3. The van der Waals surface area contributed by atoms with E-state index in [-0.39, 0.29) is 6.04 Å². The van der Waals surface area contributed by atoms with Gasteiger partial charge in [-0.3, -0.25) is 9.80 Å². The molecule has 174 valence electrons. The Morgan fingerprint density at radius 2 is 1.22 bits per heavy atom. The predicted molar refractivity (Wildman–Crippen MR) is 120 cm³/mol. The van der Waals surface area contributed by atoms with Gasteiger partial charge < -0.3 is 24.7 Å². The van der Waals surface area contributed by atoms with Crippen LogP contribution >= 0.6 is 0 Å². The van der Waals surface area contributed by atoms with Gasteiger partial charge in [0.1, 0.15) is 13.2 Å². The third-order valence-corrected chi connectivity index (χ3v) is 5.76. The maximum Gasteiger partial charge on any atom is 0.213 e. The molecule has 0 spiro atoms. The fourth-order valence-corrected chi connectivity index (χ4v) is 3.79. The standard InChI is InChI=1S/C23H33N5O4/c24-23(19-1-3-25-21(17-19)31-15-9-27-5-11-29-12-6-27)20-2-4-26-22(18-20)32-16-10-28-7-13-30-14-8-28/h1-4,17-18,23H,5-16,24H2. The lowest BCUT2D eigenvalue weighted by Crippen LogP contribution is -2.38. The Hall–Kier alpha value is -2.30. The van der Waals surface area contributed by atoms with Gasteiger partial charge in [0.2, 0.25) is 11.8 Å². The summed E-state index contributed by atoms with van der Waals surface area (Å²) in [5.41, 5.74) is 8.41. The van der Waals surface area contributed by atoms with Gasteiger partial charge in [-0.15, -0.1) is 0 Å². The molecule has 4 rings (SSSR count). The summed E-state index contributed by atoms with van der Waals surface area (Å²) in [5.74, 6) is 1.17. The van der Waals surface area contributed by atoms with Gasteiger partial charge >= 0.3 is 0 Å². The van der Waals surface area contributed by atoms with Gasteiger partial charge in [-0.25, -0.2) is 9.97 Å². The van der Waals surface area contributed by atoms with Crippen molar-refractivity contribution in [3.8, 4) is 11.8 Å². The van der Waals surface area contributed by atoms with E-state index >= 15 is 0 Å². The molecule has 2 aromatic heterocycles. The molecule has 2 fully saturated rings. The summed E-state index contributed by atoms with van der Waals surface area (Å²) in [6, 6.07) is 7.33. The Morgan fingerprint density at radius 3 is 1.66 bits per heavy atom. The molecule has 0 unspecified atom stereocenters. The molecule has 2 aliphatic heterocycles. The maximum absolute atomic E-state index is 6.53. The second kappa shape index (κ2) is 12.1. The number of nitrogens with two attached hydrogens (primary N) is 1. The molecule has 4 heterocycles. The van der Waals surface area contributed by atoms with Crippen molar-refractivity contribution in [3.05, 3.63) is 47.8 Å². The molecule has 0 aromatic carbocycles. The van der Waals surface area contributed by atoms with E-state index < -0.39 is 0 Å². The van der Waals surface area contributed by atoms with Gasteiger partial charge in [0.05, 0.1) is 32.5 Å². The van der Waals surface area contributed by atoms with E-state index in [1.165, 1.54) is 0 Å². The minimum absolute atomic E-state index is 0.316. The zero-order chi connectivity index (χ0) is 22.0. The second-order valence-electron chi connectivity index (χ2n) is 7.94. The lowest BCUT2D eigenvalue weighted by molar-refractivity contribution is 0.0319. The zero-order valence-electron chi connectivity index (χ0n) is 18.5. The molecule has 0 atom stereocenters. The molecular formula is C23H33N5O4. The van der Waals surface area contributed by atoms with Crippen LogP contribution in [0.25, 0.3) is 0 Å². The maximum atomic E-state index is 6.53. The van der Waals surface area contributed by atoms with Crippen molar-refractivity contribution < 1.29 is 18.9 Å². The van der Waals surface area contributed by atoms with Gasteiger partial charge in [0, 0.05) is 63.8 Å². The lowest BCUT2D eigenvalue weighted by atomic mass is 10.0. The van der Waals surface area contributed by atoms with Crippen molar-refractivity contribution in [2.45, 2.75) is 6.04 Å². The highest BCUT2D eigenvalue weighted by molar-refractivity contribution is 5.34. The number of ether oxygens (including phenoxy) is 4. The quantitative estimate of drug-likeness (QED) is 0.576. The molecule has 2 aromatic rings. The number of hydrogen-bond acceptors (Lipinski definition) is 9. The van der Waals surface area contributed by atoms with E-state index in [2.05, 4.69) is 19.8 Å². The molecule has 0 saturated carbocycles. The molecule has 0 radical (unpaired) electrons. The van der Waals surface area contributed by atoms with Crippen molar-refractivity contribution in [2.75, 3.05) is 78.9 Å². The van der Waals surface area contributed by atoms with Gasteiger partial charge in [0.25, 0.3) is 0 Å². The fourth-order valence-electron chi connectivity index (χ4n) is 3.79. The van der Waals surface area contributed by atoms with E-state index in [9.17, 15) is 0 Å². The molecule has 32 heavy (non-hydrogen) atoms. The smallest absolute Gasteiger partial charge is 0.213 e. The first-order valence-corrected chi connectivity index (χ1v) is 11.3. The Morgan fingerprint density at radius 1 is 0.781 bits per heavy atom. The summed E-state index contributed by atoms with van der Waals surface area (Å²) < 4.78 is 22.5. The topological polar surface area (TPSA) is 95.2 Å². The summed E-state index contributed by atoms with van der Waals surface area (Å²) in [7, 11) is 0. The Balaban J connectivity index is 1.28. The SMILES string of the molecule is NC(c1ccnc(OCCN2CCOCC2)c1)c1ccnc(OCCN2CCOCC2)c1. The highest BCUT2D eigenvalue weighted by Gasteiger charge is 2.14. The molecular weight excluding hydrogens is 410 g/mol. The average Bonchev–Trinajstić information content (AvgIpc) is 2.85. The van der Waals surface area contributed by atoms with Crippen molar-refractivity contribution in [1.29, 1.82) is 0 Å². The van der Waals surface area contributed by atoms with Crippen LogP contribution in [0.2, 0.25) is 0 Å². The molecule has 9 nitrogen and oxygen atoms in total. The third-order valence-electron chi connectivity index (χ3n) is 5.76. The molecule has 2 aliphatic rings. The normalized spacial score (nSPS) is 18.1. The predicted octanol–water partition coefficient (Wildman–Crippen LogP) is 0.947. The summed E-state index contributed by atoms with van der Waals surface area (Å²) in [4.78, 5) is 13.3. The molecule has 9 heteroatoms. The fraction of sp³-hybridized carbons (Fsp3) is 0.565. The van der Waals surface area contributed by atoms with Crippen LogP contribution in [0.5, 0.6) is 11.8 Å². The van der Waals surface area contributed by atoms with Crippen molar-refractivity contribution in [2.24, 2.45) is 5.73 Å². The molecule has 0 bridgehead atoms. The van der Waals surface area contributed by atoms with E-state index in [1.54, 1.807) is 12.4 Å². The summed E-state index contributed by atoms with van der Waals surface area (Å²) in [6.07, 6.45) is 3.47. The van der Waals surface area contributed by atoms with Gasteiger partial charge in [-0.2, -0.15) is 0 Å². The number of hydrogen-bond donors (Lipinski definition) is 1. The van der Waals surface area contributed by atoms with Crippen LogP contribution < -0.4 is 15.2 Å². The van der Waals surface area contributed by atoms with Crippen molar-refractivity contribution in [1.82, 2.24) is 19.8 Å². The second-order valence-corrected chi connectivity index (χ2v) is 7.94. The largest absolute Gasteiger partial charge is 0.476 e. The summed E-state index contributed by atoms with van der Waals surface area (Å²) in [6.45, 7) is 9.81. The van der Waals surface area contributed by atoms with E-state index in [0.717, 1.165) is 76.8 Å². The van der Waals surface area contributed by atoms with Crippen LogP contribution in [0.15, 0.2) is 36.7 Å². The summed E-state index contributed by atoms with van der Waals surface area (Å²) in [5, 5.41) is 0. The van der Waals surface area contributed by atoms with E-state index in [0.29, 0.717) is 25.0 Å². The first kappa shape index (κ1) is 22.9. The van der Waals surface area contributed by atoms with E-state index in [4.69, 9.17) is 24.7 Å². The number of rotatable bonds is 10. The Labute approximate surface area is 189 Å². The minimum Gasteiger partial charge on any atom is -0.476 e. The van der Waals surface area contributed by atoms with Crippen LogP contribution in [-0.2, 0) is 9.47 Å². The van der Waals surface area contributed by atoms with Gasteiger partial charge in [0.15, 0.2) is 0 Å². The van der Waals surface area contributed by atoms with Crippen LogP contribution in [0, 0.1) is 0 Å². The Kier molecular flexibility index (Phi) is 8.63. The van der Waals surface area contributed by atoms with Crippen LogP contribution in [-0.4, -0.2) is 98.7 Å². The molecule has 2 saturated heterocycles. The minimum atomic E-state index is -0.316. The molecule has 2 N–H and O–H groups in total. The van der Waals surface area contributed by atoms with Crippen molar-refractivity contribution in [3.63, 3.8) is 0 Å². The zero-order valence-corrected chi connectivity index (χ0v) is 18.5. The van der Waals surface area contributed by atoms with Crippen LogP contribution in [0.3, 0.4) is 0 Å². The summed E-state index contributed by atoms with van der Waals surface area (Å²) >= 11 is 0. The molecule has 0 amide bonds. The van der Waals surface area contributed by atoms with Crippen LogP contribution in [0.4, 0.5) is 0 Å². The third kappa shape index (κ3) is 6.85. The Bertz CT molecular complexity index is 760. The van der Waals surface area contributed by atoms with Crippen LogP contribution in [0.1, 0.15) is 17.2 Å². The first-order chi connectivity index (χ1) is 15.8. The average molecular weight is 444 g/mol. The lowest BCUT2D eigenvalue weighted by Gasteiger charge is -2.26. The van der Waals surface area contributed by atoms with Gasteiger partial charge in [-0.1, -0.05) is 0 Å². The molecule has 0 aliphatic carbocycles. The number of pyridine rings is 2. The number of morpholine rings is 2. The number of aromatic nitrogens is 2. The highest BCUT2D eigenvalue weighted by atomic mass is 16.5. The van der Waals surface area contributed by atoms with Gasteiger partial charge in [-0.05, 0) is 23.3 Å². The number of nitrogens with zero attached hydrogens (tertiary/aromatic N) is 4. The van der Waals surface area contributed by atoms with Crippen molar-refractivity contribution >= 4 is 0 Å².